The molecule has 0 rings (SSSR count). The maximum absolute atomic E-state index is 11.0. The van der Waals surface area contributed by atoms with Crippen molar-refractivity contribution in [3.63, 3.8) is 0 Å². The Morgan fingerprint density at radius 2 is 1.59 bits per heavy atom. The van der Waals surface area contributed by atoms with Crippen LogP contribution in [-0.2, 0) is 9.47 Å². The average Bonchev–Trinajstić information content (AvgIpc) is 2.33. The van der Waals surface area contributed by atoms with Crippen LogP contribution in [0.15, 0.2) is 0 Å². The molecule has 0 bridgehead atoms. The van der Waals surface area contributed by atoms with Crippen LogP contribution in [-0.4, -0.2) is 19.4 Å². The van der Waals surface area contributed by atoms with E-state index in [-0.39, 0.29) is 6.61 Å². The molecule has 0 spiro atoms. The molecule has 98 valence electrons. The third-order valence-electron chi connectivity index (χ3n) is 2.37. The SMILES string of the molecule is CCCCCCCCOC(=O)OCCCC#N. The van der Waals surface area contributed by atoms with Crippen molar-refractivity contribution in [2.75, 3.05) is 13.2 Å². The average molecular weight is 241 g/mol. The Labute approximate surface area is 104 Å². The summed E-state index contributed by atoms with van der Waals surface area (Å²) in [4.78, 5) is 11.0. The van der Waals surface area contributed by atoms with Crippen molar-refractivity contribution in [3.05, 3.63) is 0 Å². The highest BCUT2D eigenvalue weighted by atomic mass is 16.7. The van der Waals surface area contributed by atoms with Crippen LogP contribution < -0.4 is 0 Å². The van der Waals surface area contributed by atoms with Gasteiger partial charge >= 0.3 is 6.16 Å². The summed E-state index contributed by atoms with van der Waals surface area (Å²) in [6.07, 6.45) is 7.35. The van der Waals surface area contributed by atoms with Crippen molar-refractivity contribution in [2.24, 2.45) is 0 Å². The first-order chi connectivity index (χ1) is 8.31. The van der Waals surface area contributed by atoms with E-state index in [1.54, 1.807) is 0 Å². The van der Waals surface area contributed by atoms with Crippen LogP contribution in [0, 0.1) is 11.3 Å². The first-order valence-electron chi connectivity index (χ1n) is 6.47. The van der Waals surface area contributed by atoms with E-state index in [0.717, 1.165) is 12.8 Å². The van der Waals surface area contributed by atoms with Gasteiger partial charge in [0.25, 0.3) is 0 Å². The van der Waals surface area contributed by atoms with E-state index in [2.05, 4.69) is 6.92 Å². The smallest absolute Gasteiger partial charge is 0.434 e. The molecule has 4 nitrogen and oxygen atoms in total. The highest BCUT2D eigenvalue weighted by Gasteiger charge is 2.02. The molecule has 0 atom stereocenters. The number of ether oxygens (including phenoxy) is 2. The standard InChI is InChI=1S/C13H23NO3/c1-2-3-4-5-6-8-11-16-13(15)17-12-9-7-10-14/h2-9,11-12H2,1H3. The van der Waals surface area contributed by atoms with Gasteiger partial charge in [-0.15, -0.1) is 0 Å². The molecular weight excluding hydrogens is 218 g/mol. The van der Waals surface area contributed by atoms with Crippen LogP contribution in [0.25, 0.3) is 0 Å². The molecule has 0 aliphatic rings. The maximum atomic E-state index is 11.0. The van der Waals surface area contributed by atoms with Crippen molar-refractivity contribution in [1.82, 2.24) is 0 Å². The fourth-order valence-corrected chi connectivity index (χ4v) is 1.39. The van der Waals surface area contributed by atoms with Gasteiger partial charge < -0.3 is 9.47 Å². The minimum Gasteiger partial charge on any atom is -0.434 e. The summed E-state index contributed by atoms with van der Waals surface area (Å²) in [6, 6.07) is 1.99. The zero-order chi connectivity index (χ0) is 12.8. The highest BCUT2D eigenvalue weighted by molar-refractivity contribution is 5.59. The number of rotatable bonds is 10. The summed E-state index contributed by atoms with van der Waals surface area (Å²) in [7, 11) is 0. The molecule has 4 heteroatoms. The third kappa shape index (κ3) is 12.7. The van der Waals surface area contributed by atoms with Crippen LogP contribution in [0.3, 0.4) is 0 Å². The summed E-state index contributed by atoms with van der Waals surface area (Å²) in [5, 5.41) is 8.27. The topological polar surface area (TPSA) is 59.3 Å². The van der Waals surface area contributed by atoms with Gasteiger partial charge in [0.15, 0.2) is 0 Å². The van der Waals surface area contributed by atoms with Crippen molar-refractivity contribution in [1.29, 1.82) is 5.26 Å². The number of hydrogen-bond acceptors (Lipinski definition) is 4. The second-order valence-corrected chi connectivity index (χ2v) is 3.98. The number of unbranched alkanes of at least 4 members (excludes halogenated alkanes) is 6. The van der Waals surface area contributed by atoms with E-state index < -0.39 is 6.16 Å². The van der Waals surface area contributed by atoms with E-state index in [4.69, 9.17) is 14.7 Å². The third-order valence-corrected chi connectivity index (χ3v) is 2.37. The van der Waals surface area contributed by atoms with Crippen molar-refractivity contribution in [3.8, 4) is 6.07 Å². The number of carbonyl (C=O) groups is 1. The first kappa shape index (κ1) is 15.8. The summed E-state index contributed by atoms with van der Waals surface area (Å²) >= 11 is 0. The fraction of sp³-hybridized carbons (Fsp3) is 0.846. The zero-order valence-corrected chi connectivity index (χ0v) is 10.7. The molecule has 0 saturated heterocycles. The van der Waals surface area contributed by atoms with E-state index in [1.807, 2.05) is 6.07 Å². The molecule has 0 unspecified atom stereocenters. The van der Waals surface area contributed by atoms with Crippen LogP contribution in [0.2, 0.25) is 0 Å². The molecule has 0 amide bonds. The van der Waals surface area contributed by atoms with Crippen molar-refractivity contribution in [2.45, 2.75) is 58.3 Å². The molecule has 0 aliphatic carbocycles. The normalized spacial score (nSPS) is 9.65. The molecule has 0 aliphatic heterocycles. The van der Waals surface area contributed by atoms with Crippen LogP contribution in [0.5, 0.6) is 0 Å². The van der Waals surface area contributed by atoms with Gasteiger partial charge in [0.1, 0.15) is 0 Å². The molecule has 17 heavy (non-hydrogen) atoms. The van der Waals surface area contributed by atoms with Gasteiger partial charge in [0, 0.05) is 6.42 Å². The Balaban J connectivity index is 3.14. The molecule has 0 aromatic rings. The minimum atomic E-state index is -0.614. The number of nitriles is 1. The largest absolute Gasteiger partial charge is 0.508 e. The lowest BCUT2D eigenvalue weighted by molar-refractivity contribution is 0.0536. The highest BCUT2D eigenvalue weighted by Crippen LogP contribution is 2.05. The Morgan fingerprint density at radius 3 is 2.24 bits per heavy atom. The Bertz CT molecular complexity index is 223. The second kappa shape index (κ2) is 12.8. The zero-order valence-electron chi connectivity index (χ0n) is 10.7. The first-order valence-corrected chi connectivity index (χ1v) is 6.47. The molecule has 0 heterocycles. The van der Waals surface area contributed by atoms with Gasteiger partial charge in [-0.3, -0.25) is 0 Å². The summed E-state index contributed by atoms with van der Waals surface area (Å²) in [6.45, 7) is 2.89. The van der Waals surface area contributed by atoms with Gasteiger partial charge in [-0.1, -0.05) is 39.0 Å². The predicted molar refractivity (Wildman–Crippen MR) is 65.5 cm³/mol. The molecular formula is C13H23NO3. The monoisotopic (exact) mass is 241 g/mol. The van der Waals surface area contributed by atoms with Gasteiger partial charge in [0.2, 0.25) is 0 Å². The molecule has 0 fully saturated rings. The Morgan fingerprint density at radius 1 is 1.00 bits per heavy atom. The van der Waals surface area contributed by atoms with Crippen LogP contribution in [0.1, 0.15) is 58.3 Å². The number of carbonyl (C=O) groups excluding carboxylic acids is 1. The molecule has 0 saturated carbocycles. The number of nitrogens with zero attached hydrogens (tertiary/aromatic N) is 1. The van der Waals surface area contributed by atoms with Crippen molar-refractivity contribution >= 4 is 6.16 Å². The quantitative estimate of drug-likeness (QED) is 0.431. The van der Waals surface area contributed by atoms with E-state index in [1.165, 1.54) is 25.7 Å². The van der Waals surface area contributed by atoms with E-state index in [9.17, 15) is 4.79 Å². The van der Waals surface area contributed by atoms with Gasteiger partial charge in [0.05, 0.1) is 19.3 Å². The lowest BCUT2D eigenvalue weighted by atomic mass is 10.1. The predicted octanol–water partition coefficient (Wildman–Crippen LogP) is 3.80. The lowest BCUT2D eigenvalue weighted by Crippen LogP contribution is -2.09. The molecule has 0 aromatic carbocycles. The minimum absolute atomic E-state index is 0.267. The summed E-state index contributed by atoms with van der Waals surface area (Å²) in [5.41, 5.74) is 0. The number of hydrogen-bond donors (Lipinski definition) is 0. The van der Waals surface area contributed by atoms with E-state index >= 15 is 0 Å². The van der Waals surface area contributed by atoms with Crippen molar-refractivity contribution < 1.29 is 14.3 Å². The van der Waals surface area contributed by atoms with Gasteiger partial charge in [-0.25, -0.2) is 4.79 Å². The Hall–Kier alpha value is -1.24. The summed E-state index contributed by atoms with van der Waals surface area (Å²) < 4.78 is 9.66. The Kier molecular flexibility index (Phi) is 11.9. The molecule has 0 radical (unpaired) electrons. The fourth-order valence-electron chi connectivity index (χ4n) is 1.39. The van der Waals surface area contributed by atoms with Crippen LogP contribution in [0.4, 0.5) is 4.79 Å². The molecule has 0 aromatic heterocycles. The second-order valence-electron chi connectivity index (χ2n) is 3.98. The van der Waals surface area contributed by atoms with Gasteiger partial charge in [-0.2, -0.15) is 5.26 Å². The maximum Gasteiger partial charge on any atom is 0.508 e. The lowest BCUT2D eigenvalue weighted by Gasteiger charge is -2.05. The summed E-state index contributed by atoms with van der Waals surface area (Å²) in [5.74, 6) is 0. The van der Waals surface area contributed by atoms with Crippen LogP contribution >= 0.6 is 0 Å². The van der Waals surface area contributed by atoms with Gasteiger partial charge in [-0.05, 0) is 12.8 Å². The van der Waals surface area contributed by atoms with E-state index in [0.29, 0.717) is 19.4 Å². The molecule has 0 N–H and O–H groups in total.